The molecular formula is C16H19N2O2+. The molecule has 0 aliphatic heterocycles. The summed E-state index contributed by atoms with van der Waals surface area (Å²) in [4.78, 5) is 16.0. The van der Waals surface area contributed by atoms with E-state index in [1.54, 1.807) is 24.3 Å². The fourth-order valence-corrected chi connectivity index (χ4v) is 2.32. The van der Waals surface area contributed by atoms with Crippen LogP contribution in [-0.4, -0.2) is 23.2 Å². The first-order valence-electron chi connectivity index (χ1n) is 6.55. The fourth-order valence-electron chi connectivity index (χ4n) is 2.32. The SMILES string of the molecule is C=CC[NH+](CC=C)Cc1c(O)c2ccccc2[nH]c1=O. The van der Waals surface area contributed by atoms with Gasteiger partial charge in [-0.1, -0.05) is 25.3 Å². The maximum atomic E-state index is 12.1. The summed E-state index contributed by atoms with van der Waals surface area (Å²) in [5.41, 5.74) is 0.807. The molecule has 0 aliphatic carbocycles. The number of H-pyrrole nitrogens is 1. The van der Waals surface area contributed by atoms with Gasteiger partial charge < -0.3 is 15.0 Å². The van der Waals surface area contributed by atoms with Crippen molar-refractivity contribution in [3.05, 3.63) is 65.5 Å². The van der Waals surface area contributed by atoms with Gasteiger partial charge in [0.25, 0.3) is 5.56 Å². The zero-order valence-electron chi connectivity index (χ0n) is 11.4. The van der Waals surface area contributed by atoms with Gasteiger partial charge in [0.2, 0.25) is 0 Å². The molecule has 0 aliphatic rings. The highest BCUT2D eigenvalue weighted by molar-refractivity contribution is 5.85. The van der Waals surface area contributed by atoms with Crippen LogP contribution in [0.2, 0.25) is 0 Å². The average molecular weight is 271 g/mol. The molecule has 20 heavy (non-hydrogen) atoms. The van der Waals surface area contributed by atoms with E-state index in [2.05, 4.69) is 18.1 Å². The van der Waals surface area contributed by atoms with Gasteiger partial charge in [-0.25, -0.2) is 0 Å². The summed E-state index contributed by atoms with van der Waals surface area (Å²) in [6.07, 6.45) is 3.59. The second-order valence-electron chi connectivity index (χ2n) is 4.74. The van der Waals surface area contributed by atoms with E-state index in [0.29, 0.717) is 36.1 Å². The molecule has 1 aromatic heterocycles. The van der Waals surface area contributed by atoms with Crippen molar-refractivity contribution in [3.63, 3.8) is 0 Å². The Hall–Kier alpha value is -2.33. The Balaban J connectivity index is 2.45. The van der Waals surface area contributed by atoms with Gasteiger partial charge in [-0.3, -0.25) is 4.79 Å². The monoisotopic (exact) mass is 271 g/mol. The minimum absolute atomic E-state index is 0.0648. The molecule has 0 saturated heterocycles. The molecule has 0 amide bonds. The Bertz CT molecular complexity index is 678. The summed E-state index contributed by atoms with van der Waals surface area (Å²) in [5, 5.41) is 11.0. The third-order valence-corrected chi connectivity index (χ3v) is 3.28. The summed E-state index contributed by atoms with van der Waals surface area (Å²) in [7, 11) is 0. The number of pyridine rings is 1. The Labute approximate surface area is 117 Å². The summed E-state index contributed by atoms with van der Waals surface area (Å²) < 4.78 is 0. The molecule has 1 heterocycles. The first kappa shape index (κ1) is 14.1. The molecular weight excluding hydrogens is 252 g/mol. The number of aromatic nitrogens is 1. The lowest BCUT2D eigenvalue weighted by atomic mass is 10.1. The second kappa shape index (κ2) is 6.21. The van der Waals surface area contributed by atoms with Gasteiger partial charge in [0.05, 0.1) is 18.6 Å². The predicted octanol–water partition coefficient (Wildman–Crippen LogP) is 0.991. The van der Waals surface area contributed by atoms with E-state index in [0.717, 1.165) is 4.90 Å². The molecule has 3 N–H and O–H groups in total. The summed E-state index contributed by atoms with van der Waals surface area (Å²) >= 11 is 0. The number of fused-ring (bicyclic) bond motifs is 1. The minimum Gasteiger partial charge on any atom is -0.507 e. The van der Waals surface area contributed by atoms with Crippen molar-refractivity contribution in [3.8, 4) is 5.75 Å². The van der Waals surface area contributed by atoms with Crippen molar-refractivity contribution in [1.29, 1.82) is 0 Å². The smallest absolute Gasteiger partial charge is 0.261 e. The van der Waals surface area contributed by atoms with E-state index in [4.69, 9.17) is 0 Å². The number of rotatable bonds is 6. The summed E-state index contributed by atoms with van der Waals surface area (Å²) in [5.74, 6) is 0.0648. The first-order valence-corrected chi connectivity index (χ1v) is 6.55. The quantitative estimate of drug-likeness (QED) is 0.686. The fraction of sp³-hybridized carbons (Fsp3) is 0.188. The molecule has 0 fully saturated rings. The highest BCUT2D eigenvalue weighted by atomic mass is 16.3. The van der Waals surface area contributed by atoms with Gasteiger partial charge in [-0.15, -0.1) is 0 Å². The van der Waals surface area contributed by atoms with Crippen LogP contribution in [0.15, 0.2) is 54.4 Å². The van der Waals surface area contributed by atoms with E-state index in [-0.39, 0.29) is 11.3 Å². The molecule has 0 unspecified atom stereocenters. The van der Waals surface area contributed by atoms with Crippen LogP contribution in [0.4, 0.5) is 0 Å². The highest BCUT2D eigenvalue weighted by Gasteiger charge is 2.16. The van der Waals surface area contributed by atoms with Crippen LogP contribution in [0.25, 0.3) is 10.9 Å². The zero-order chi connectivity index (χ0) is 14.5. The number of quaternary nitrogens is 1. The van der Waals surface area contributed by atoms with Gasteiger partial charge in [0.1, 0.15) is 17.9 Å². The van der Waals surface area contributed by atoms with Crippen LogP contribution in [0.3, 0.4) is 0 Å². The van der Waals surface area contributed by atoms with Gasteiger partial charge >= 0.3 is 0 Å². The first-order chi connectivity index (χ1) is 9.67. The van der Waals surface area contributed by atoms with Crippen molar-refractivity contribution in [2.75, 3.05) is 13.1 Å². The largest absolute Gasteiger partial charge is 0.507 e. The highest BCUT2D eigenvalue weighted by Crippen LogP contribution is 2.23. The Morgan fingerprint density at radius 2 is 1.85 bits per heavy atom. The van der Waals surface area contributed by atoms with Crippen LogP contribution >= 0.6 is 0 Å². The lowest BCUT2D eigenvalue weighted by Crippen LogP contribution is -3.10. The maximum Gasteiger partial charge on any atom is 0.261 e. The van der Waals surface area contributed by atoms with Crippen molar-refractivity contribution >= 4 is 10.9 Å². The van der Waals surface area contributed by atoms with Crippen LogP contribution in [-0.2, 0) is 6.54 Å². The molecule has 2 aromatic rings. The Morgan fingerprint density at radius 1 is 1.20 bits per heavy atom. The standard InChI is InChI=1S/C16H18N2O2/c1-3-9-18(10-4-2)11-13-15(19)12-7-5-6-8-14(12)17-16(13)20/h3-8H,1-2,9-11H2,(H2,17,19,20)/p+1. The van der Waals surface area contributed by atoms with Crippen molar-refractivity contribution in [2.24, 2.45) is 0 Å². The molecule has 2 rings (SSSR count). The molecule has 0 bridgehead atoms. The molecule has 4 nitrogen and oxygen atoms in total. The molecule has 104 valence electrons. The normalized spacial score (nSPS) is 10.8. The van der Waals surface area contributed by atoms with Crippen molar-refractivity contribution in [2.45, 2.75) is 6.54 Å². The van der Waals surface area contributed by atoms with E-state index in [1.807, 2.05) is 12.1 Å². The van der Waals surface area contributed by atoms with Crippen LogP contribution in [0.1, 0.15) is 5.56 Å². The Kier molecular flexibility index (Phi) is 4.38. The van der Waals surface area contributed by atoms with Gasteiger partial charge in [-0.2, -0.15) is 0 Å². The van der Waals surface area contributed by atoms with E-state index >= 15 is 0 Å². The summed E-state index contributed by atoms with van der Waals surface area (Å²) in [6, 6.07) is 7.23. The molecule has 0 saturated carbocycles. The van der Waals surface area contributed by atoms with Crippen molar-refractivity contribution < 1.29 is 10.0 Å². The van der Waals surface area contributed by atoms with Gasteiger partial charge in [0, 0.05) is 5.39 Å². The molecule has 1 aromatic carbocycles. The lowest BCUT2D eigenvalue weighted by Gasteiger charge is -2.16. The number of hydrogen-bond donors (Lipinski definition) is 3. The molecule has 0 radical (unpaired) electrons. The zero-order valence-corrected chi connectivity index (χ0v) is 11.4. The van der Waals surface area contributed by atoms with E-state index < -0.39 is 0 Å². The molecule has 4 heteroatoms. The molecule has 0 spiro atoms. The third-order valence-electron chi connectivity index (χ3n) is 3.28. The maximum absolute atomic E-state index is 12.1. The number of aromatic hydroxyl groups is 1. The van der Waals surface area contributed by atoms with E-state index in [9.17, 15) is 9.90 Å². The lowest BCUT2D eigenvalue weighted by molar-refractivity contribution is -0.902. The predicted molar refractivity (Wildman–Crippen MR) is 81.0 cm³/mol. The Morgan fingerprint density at radius 3 is 2.50 bits per heavy atom. The van der Waals surface area contributed by atoms with E-state index in [1.165, 1.54) is 0 Å². The summed E-state index contributed by atoms with van der Waals surface area (Å²) in [6.45, 7) is 9.28. The molecule has 0 atom stereocenters. The topological polar surface area (TPSA) is 57.5 Å². The third kappa shape index (κ3) is 2.81. The number of aromatic amines is 1. The number of hydrogen-bond acceptors (Lipinski definition) is 2. The van der Waals surface area contributed by atoms with Gasteiger partial charge in [0.15, 0.2) is 0 Å². The van der Waals surface area contributed by atoms with Crippen LogP contribution in [0.5, 0.6) is 5.75 Å². The van der Waals surface area contributed by atoms with Crippen molar-refractivity contribution in [1.82, 2.24) is 4.98 Å². The minimum atomic E-state index is -0.244. The number of nitrogens with one attached hydrogen (secondary N) is 2. The number of benzene rings is 1. The van der Waals surface area contributed by atoms with Crippen LogP contribution < -0.4 is 10.5 Å². The average Bonchev–Trinajstić information content (AvgIpc) is 2.44. The number of para-hydroxylation sites is 1. The van der Waals surface area contributed by atoms with Crippen LogP contribution in [0, 0.1) is 0 Å². The van der Waals surface area contributed by atoms with Gasteiger partial charge in [-0.05, 0) is 24.3 Å². The second-order valence-corrected chi connectivity index (χ2v) is 4.74.